The molecule has 5 aromatic rings. The predicted octanol–water partition coefficient (Wildman–Crippen LogP) is 5.57. The van der Waals surface area contributed by atoms with E-state index in [-0.39, 0.29) is 24.2 Å². The van der Waals surface area contributed by atoms with Crippen LogP contribution in [0.5, 0.6) is 0 Å². The number of thiazole rings is 1. The number of anilines is 2. The second-order valence-corrected chi connectivity index (χ2v) is 12.7. The molecule has 2 atom stereocenters. The molecule has 226 valence electrons. The molecule has 0 amide bonds. The third-order valence-corrected chi connectivity index (χ3v) is 9.29. The minimum atomic E-state index is -0.239. The van der Waals surface area contributed by atoms with Crippen LogP contribution in [0, 0.1) is 0 Å². The Morgan fingerprint density at radius 1 is 1.11 bits per heavy atom. The zero-order valence-electron chi connectivity index (χ0n) is 24.4. The number of halogens is 1. The van der Waals surface area contributed by atoms with Gasteiger partial charge in [-0.25, -0.2) is 9.97 Å². The molecule has 6 heterocycles. The third-order valence-electron chi connectivity index (χ3n) is 8.24. The van der Waals surface area contributed by atoms with E-state index in [9.17, 15) is 4.79 Å². The fourth-order valence-electron chi connectivity index (χ4n) is 5.87. The summed E-state index contributed by atoms with van der Waals surface area (Å²) in [5.41, 5.74) is 4.11. The van der Waals surface area contributed by atoms with E-state index in [1.165, 1.54) is 24.2 Å². The zero-order valence-corrected chi connectivity index (χ0v) is 25.9. The van der Waals surface area contributed by atoms with E-state index in [1.54, 1.807) is 23.0 Å². The summed E-state index contributed by atoms with van der Waals surface area (Å²) in [5.74, 6) is 0.388. The van der Waals surface area contributed by atoms with Gasteiger partial charge in [-0.3, -0.25) is 14.3 Å². The van der Waals surface area contributed by atoms with Crippen LogP contribution < -0.4 is 16.2 Å². The van der Waals surface area contributed by atoms with Crippen molar-refractivity contribution in [2.75, 3.05) is 38.6 Å². The first-order chi connectivity index (χ1) is 21.5. The van der Waals surface area contributed by atoms with Crippen molar-refractivity contribution in [1.29, 1.82) is 0 Å². The average Bonchev–Trinajstić information content (AvgIpc) is 3.57. The molecule has 44 heavy (non-hydrogen) atoms. The van der Waals surface area contributed by atoms with Crippen molar-refractivity contribution in [3.63, 3.8) is 0 Å². The number of benzene rings is 1. The molecular weight excluding hydrogens is 596 g/mol. The van der Waals surface area contributed by atoms with Crippen LogP contribution in [-0.4, -0.2) is 62.7 Å². The molecule has 2 aliphatic rings. The van der Waals surface area contributed by atoms with E-state index in [2.05, 4.69) is 49.7 Å². The van der Waals surface area contributed by atoms with E-state index >= 15 is 0 Å². The van der Waals surface area contributed by atoms with E-state index in [4.69, 9.17) is 21.3 Å². The minimum Gasteiger partial charge on any atom is -0.371 e. The SMILES string of the molecule is CN1CCOC(c2ccc(Nc3ncc4cc(-c5ncc(C6CCCCN6)cc5Cl)c(=O)n(Cc5nccs5)c4n3)cc2)C1. The molecule has 10 nitrogen and oxygen atoms in total. The lowest BCUT2D eigenvalue weighted by Crippen LogP contribution is -2.35. The molecule has 2 unspecified atom stereocenters. The van der Waals surface area contributed by atoms with Crippen LogP contribution >= 0.6 is 22.9 Å². The first kappa shape index (κ1) is 29.0. The second kappa shape index (κ2) is 12.7. The zero-order chi connectivity index (χ0) is 30.0. The van der Waals surface area contributed by atoms with Gasteiger partial charge in [0, 0.05) is 54.2 Å². The van der Waals surface area contributed by atoms with Gasteiger partial charge >= 0.3 is 0 Å². The molecular formula is C32H33ClN8O2S. The number of aromatic nitrogens is 5. The van der Waals surface area contributed by atoms with Gasteiger partial charge in [-0.15, -0.1) is 11.3 Å². The maximum Gasteiger partial charge on any atom is 0.262 e. The second-order valence-electron chi connectivity index (χ2n) is 11.3. The summed E-state index contributed by atoms with van der Waals surface area (Å²) in [6.45, 7) is 3.78. The summed E-state index contributed by atoms with van der Waals surface area (Å²) in [7, 11) is 2.11. The first-order valence-corrected chi connectivity index (χ1v) is 16.1. The fraction of sp³-hybridized carbons (Fsp3) is 0.344. The quantitative estimate of drug-likeness (QED) is 0.239. The van der Waals surface area contributed by atoms with Gasteiger partial charge in [-0.2, -0.15) is 4.98 Å². The lowest BCUT2D eigenvalue weighted by molar-refractivity contribution is -0.0208. The van der Waals surface area contributed by atoms with Gasteiger partial charge in [0.25, 0.3) is 5.56 Å². The maximum absolute atomic E-state index is 14.1. The number of rotatable bonds is 7. The molecule has 12 heteroatoms. The first-order valence-electron chi connectivity index (χ1n) is 14.9. The van der Waals surface area contributed by atoms with Crippen molar-refractivity contribution in [2.45, 2.75) is 38.0 Å². The number of pyridine rings is 2. The van der Waals surface area contributed by atoms with Gasteiger partial charge in [-0.1, -0.05) is 30.2 Å². The van der Waals surface area contributed by atoms with Crippen molar-refractivity contribution in [3.8, 4) is 11.3 Å². The Morgan fingerprint density at radius 2 is 2.00 bits per heavy atom. The molecule has 7 rings (SSSR count). The van der Waals surface area contributed by atoms with Gasteiger partial charge in [0.1, 0.15) is 10.7 Å². The summed E-state index contributed by atoms with van der Waals surface area (Å²) in [6.07, 6.45) is 8.71. The van der Waals surface area contributed by atoms with Gasteiger partial charge in [0.2, 0.25) is 5.95 Å². The number of fused-ring (bicyclic) bond motifs is 1. The number of ether oxygens (including phenoxy) is 1. The Labute approximate surface area is 264 Å². The van der Waals surface area contributed by atoms with Gasteiger partial charge in [-0.05, 0) is 61.8 Å². The largest absolute Gasteiger partial charge is 0.371 e. The summed E-state index contributed by atoms with van der Waals surface area (Å²) in [4.78, 5) is 34.8. The van der Waals surface area contributed by atoms with Crippen LogP contribution in [0.3, 0.4) is 0 Å². The lowest BCUT2D eigenvalue weighted by Gasteiger charge is -2.30. The molecule has 1 aromatic carbocycles. The fourth-order valence-corrected chi connectivity index (χ4v) is 6.75. The number of piperidine rings is 1. The number of nitrogens with one attached hydrogen (secondary N) is 2. The summed E-state index contributed by atoms with van der Waals surface area (Å²) in [5, 5.41) is 10.7. The highest BCUT2D eigenvalue weighted by atomic mass is 35.5. The highest BCUT2D eigenvalue weighted by Crippen LogP contribution is 2.31. The molecule has 2 aliphatic heterocycles. The van der Waals surface area contributed by atoms with Crippen molar-refractivity contribution >= 4 is 45.6 Å². The van der Waals surface area contributed by atoms with Crippen LogP contribution in [0.25, 0.3) is 22.3 Å². The van der Waals surface area contributed by atoms with Crippen LogP contribution in [0.15, 0.2) is 65.2 Å². The number of likely N-dealkylation sites (N-methyl/N-ethyl adjacent to an activating group) is 1. The highest BCUT2D eigenvalue weighted by Gasteiger charge is 2.22. The van der Waals surface area contributed by atoms with Crippen molar-refractivity contribution in [3.05, 3.63) is 91.9 Å². The Bertz CT molecular complexity index is 1820. The highest BCUT2D eigenvalue weighted by molar-refractivity contribution is 7.09. The van der Waals surface area contributed by atoms with Crippen LogP contribution in [0.2, 0.25) is 5.02 Å². The van der Waals surface area contributed by atoms with Crippen LogP contribution in [0.4, 0.5) is 11.6 Å². The Morgan fingerprint density at radius 3 is 2.75 bits per heavy atom. The normalized spacial score (nSPS) is 19.3. The number of hydrogen-bond acceptors (Lipinski definition) is 10. The van der Waals surface area contributed by atoms with Gasteiger partial charge in [0.05, 0.1) is 35.5 Å². The van der Waals surface area contributed by atoms with E-state index < -0.39 is 0 Å². The molecule has 4 aromatic heterocycles. The molecule has 0 bridgehead atoms. The average molecular weight is 629 g/mol. The van der Waals surface area contributed by atoms with Crippen molar-refractivity contribution in [1.82, 2.24) is 34.7 Å². The Hall–Kier alpha value is -3.74. The van der Waals surface area contributed by atoms with Gasteiger partial charge < -0.3 is 20.3 Å². The molecule has 0 aliphatic carbocycles. The monoisotopic (exact) mass is 628 g/mol. The number of morpholine rings is 1. The van der Waals surface area contributed by atoms with Crippen LogP contribution in [-0.2, 0) is 11.3 Å². The van der Waals surface area contributed by atoms with Gasteiger partial charge in [0.15, 0.2) is 0 Å². The standard InChI is InChI=1S/C32H33ClN8O2S/c1-40-11-12-43-27(18-40)20-5-7-23(8-6-20)38-32-37-17-22-14-24(31(42)41(30(22)39-32)19-28-35-10-13-44-28)29-25(33)15-21(16-36-29)26-4-2-3-9-34-26/h5-8,10,13-17,26-27,34H,2-4,9,11-12,18-19H2,1H3,(H,37,38,39). The Balaban J connectivity index is 1.22. The smallest absolute Gasteiger partial charge is 0.262 e. The minimum absolute atomic E-state index is 0.0531. The predicted molar refractivity (Wildman–Crippen MR) is 174 cm³/mol. The topological polar surface area (TPSA) is 110 Å². The molecule has 2 fully saturated rings. The third kappa shape index (κ3) is 6.11. The van der Waals surface area contributed by atoms with Crippen molar-refractivity contribution < 1.29 is 4.74 Å². The van der Waals surface area contributed by atoms with Crippen molar-refractivity contribution in [2.24, 2.45) is 0 Å². The summed E-state index contributed by atoms with van der Waals surface area (Å²) >= 11 is 8.27. The lowest BCUT2D eigenvalue weighted by atomic mass is 9.98. The molecule has 0 spiro atoms. The summed E-state index contributed by atoms with van der Waals surface area (Å²) in [6, 6.07) is 12.0. The molecule has 2 saturated heterocycles. The molecule has 0 radical (unpaired) electrons. The maximum atomic E-state index is 14.1. The van der Waals surface area contributed by atoms with E-state index in [0.29, 0.717) is 33.3 Å². The molecule has 0 saturated carbocycles. The summed E-state index contributed by atoms with van der Waals surface area (Å²) < 4.78 is 7.58. The van der Waals surface area contributed by atoms with E-state index in [0.717, 1.165) is 54.5 Å². The number of nitrogens with zero attached hydrogens (tertiary/aromatic N) is 6. The van der Waals surface area contributed by atoms with E-state index in [1.807, 2.05) is 29.8 Å². The number of hydrogen-bond donors (Lipinski definition) is 2. The van der Waals surface area contributed by atoms with Crippen LogP contribution in [0.1, 0.15) is 47.5 Å². The molecule has 2 N–H and O–H groups in total. The Kier molecular flexibility index (Phi) is 8.37.